The zero-order valence-corrected chi connectivity index (χ0v) is 19.3. The average molecular weight is 444 g/mol. The second kappa shape index (κ2) is 10.5. The maximum atomic E-state index is 13.5. The Bertz CT molecular complexity index is 1090. The first-order valence-corrected chi connectivity index (χ1v) is 11.4. The van der Waals surface area contributed by atoms with Gasteiger partial charge in [-0.1, -0.05) is 49.4 Å². The highest BCUT2D eigenvalue weighted by Crippen LogP contribution is 2.29. The third-order valence-corrected chi connectivity index (χ3v) is 5.89. The number of hydrogen-bond donors (Lipinski definition) is 1. The zero-order chi connectivity index (χ0) is 23.2. The molecule has 0 bridgehead atoms. The van der Waals surface area contributed by atoms with Crippen molar-refractivity contribution in [3.05, 3.63) is 90.5 Å². The number of pyridine rings is 1. The quantitative estimate of drug-likeness (QED) is 0.525. The van der Waals surface area contributed by atoms with E-state index in [1.54, 1.807) is 6.20 Å². The summed E-state index contributed by atoms with van der Waals surface area (Å²) in [6.45, 7) is 8.62. The van der Waals surface area contributed by atoms with E-state index < -0.39 is 0 Å². The lowest BCUT2D eigenvalue weighted by molar-refractivity contribution is 0.0412. The number of nitrogens with zero attached hydrogens (tertiary/aromatic N) is 3. The lowest BCUT2D eigenvalue weighted by atomic mass is 10.1. The van der Waals surface area contributed by atoms with E-state index >= 15 is 0 Å². The van der Waals surface area contributed by atoms with Crippen LogP contribution in [0.25, 0.3) is 0 Å². The number of fused-ring (bicyclic) bond motifs is 1. The number of ether oxygens (including phenoxy) is 1. The average Bonchev–Trinajstić information content (AvgIpc) is 2.97. The summed E-state index contributed by atoms with van der Waals surface area (Å²) in [6, 6.07) is 20.1. The molecule has 1 atom stereocenters. The Morgan fingerprint density at radius 2 is 1.94 bits per heavy atom. The fourth-order valence-electron chi connectivity index (χ4n) is 4.09. The Morgan fingerprint density at radius 3 is 2.70 bits per heavy atom. The molecule has 0 spiro atoms. The summed E-state index contributed by atoms with van der Waals surface area (Å²) in [5, 5.41) is 3.22. The first-order chi connectivity index (χ1) is 16.1. The van der Waals surface area contributed by atoms with E-state index in [0.717, 1.165) is 41.4 Å². The van der Waals surface area contributed by atoms with Crippen LogP contribution >= 0.6 is 0 Å². The lowest BCUT2D eigenvalue weighted by Gasteiger charge is -2.22. The van der Waals surface area contributed by atoms with E-state index in [9.17, 15) is 4.79 Å². The first-order valence-electron chi connectivity index (χ1n) is 11.4. The van der Waals surface area contributed by atoms with Crippen LogP contribution < -0.4 is 15.1 Å². The van der Waals surface area contributed by atoms with Crippen LogP contribution in [-0.2, 0) is 11.3 Å². The smallest absolute Gasteiger partial charge is 0.262 e. The van der Waals surface area contributed by atoms with E-state index in [0.29, 0.717) is 25.1 Å². The molecule has 4 rings (SSSR count). The molecule has 1 aliphatic rings. The second-order valence-corrected chi connectivity index (χ2v) is 8.16. The minimum Gasteiger partial charge on any atom is -0.372 e. The standard InChI is InChI=1S/C27H31N4O2/c1-4-25(21-11-7-6-8-12-21)33-19-20-10-9-13-22(16-20)31-15-14-30(3)24-17-26(28-5-2)29-18-23(24)27(31)32/h6-13,16-18,25H,1,4-5,14-15,19H2,2-3H3,(H,28,29). The number of carbonyl (C=O) groups is 1. The normalized spacial score (nSPS) is 14.6. The molecule has 2 aromatic carbocycles. The topological polar surface area (TPSA) is 57.7 Å². The lowest BCUT2D eigenvalue weighted by Crippen LogP contribution is -2.33. The number of benzene rings is 2. The molecule has 1 amide bonds. The van der Waals surface area contributed by atoms with Gasteiger partial charge in [0.05, 0.1) is 24.0 Å². The van der Waals surface area contributed by atoms with E-state index in [2.05, 4.69) is 34.3 Å². The Kier molecular flexibility index (Phi) is 7.25. The summed E-state index contributed by atoms with van der Waals surface area (Å²) in [5.74, 6) is 0.741. The van der Waals surface area contributed by atoms with Crippen molar-refractivity contribution in [2.45, 2.75) is 26.1 Å². The first kappa shape index (κ1) is 22.8. The van der Waals surface area contributed by atoms with E-state index in [-0.39, 0.29) is 12.0 Å². The van der Waals surface area contributed by atoms with Gasteiger partial charge in [-0.3, -0.25) is 4.79 Å². The van der Waals surface area contributed by atoms with Gasteiger partial charge in [-0.25, -0.2) is 4.98 Å². The fourth-order valence-corrected chi connectivity index (χ4v) is 4.09. The number of amides is 1. The third kappa shape index (κ3) is 5.17. The van der Waals surface area contributed by atoms with Crippen LogP contribution in [0.1, 0.15) is 40.9 Å². The van der Waals surface area contributed by atoms with Gasteiger partial charge in [0, 0.05) is 44.6 Å². The summed E-state index contributed by atoms with van der Waals surface area (Å²) < 4.78 is 6.18. The van der Waals surface area contributed by atoms with Gasteiger partial charge in [0.15, 0.2) is 0 Å². The molecule has 1 unspecified atom stereocenters. The van der Waals surface area contributed by atoms with Gasteiger partial charge in [0.2, 0.25) is 0 Å². The van der Waals surface area contributed by atoms with Gasteiger partial charge < -0.3 is 19.9 Å². The molecular weight excluding hydrogens is 412 g/mol. The van der Waals surface area contributed by atoms with Crippen LogP contribution in [0, 0.1) is 6.92 Å². The Hall–Kier alpha value is -3.38. The van der Waals surface area contributed by atoms with E-state index in [4.69, 9.17) is 4.74 Å². The molecule has 33 heavy (non-hydrogen) atoms. The van der Waals surface area contributed by atoms with Gasteiger partial charge in [-0.05, 0) is 36.6 Å². The number of anilines is 3. The van der Waals surface area contributed by atoms with Crippen LogP contribution in [0.3, 0.4) is 0 Å². The van der Waals surface area contributed by atoms with Crippen LogP contribution in [0.15, 0.2) is 66.9 Å². The summed E-state index contributed by atoms with van der Waals surface area (Å²) >= 11 is 0. The number of nitrogens with one attached hydrogen (secondary N) is 1. The van der Waals surface area contributed by atoms with E-state index in [1.807, 2.05) is 67.4 Å². The van der Waals surface area contributed by atoms with Crippen LogP contribution in [-0.4, -0.2) is 37.6 Å². The number of hydrogen-bond acceptors (Lipinski definition) is 5. The van der Waals surface area contributed by atoms with Crippen LogP contribution in [0.4, 0.5) is 17.2 Å². The Labute approximate surface area is 196 Å². The molecule has 1 N–H and O–H groups in total. The molecule has 1 radical (unpaired) electrons. The molecule has 1 aliphatic heterocycles. The highest BCUT2D eigenvalue weighted by atomic mass is 16.5. The predicted molar refractivity (Wildman–Crippen MR) is 134 cm³/mol. The SMILES string of the molecule is [CH2]CC(OCc1cccc(N2CCN(C)c3cc(NCC)ncc3C2=O)c1)c1ccccc1. The molecule has 3 aromatic rings. The maximum absolute atomic E-state index is 13.5. The van der Waals surface area contributed by atoms with Crippen molar-refractivity contribution in [2.75, 3.05) is 41.8 Å². The van der Waals surface area contributed by atoms with Crippen molar-refractivity contribution in [1.29, 1.82) is 0 Å². The fraction of sp³-hybridized carbons (Fsp3) is 0.296. The summed E-state index contributed by atoms with van der Waals surface area (Å²) in [5.41, 5.74) is 4.51. The number of likely N-dealkylation sites (N-methyl/N-ethyl adjacent to an activating group) is 1. The molecule has 6 nitrogen and oxygen atoms in total. The maximum Gasteiger partial charge on any atom is 0.262 e. The van der Waals surface area contributed by atoms with Crippen LogP contribution in [0.2, 0.25) is 0 Å². The molecule has 0 aliphatic carbocycles. The molecule has 1 aromatic heterocycles. The molecule has 0 fully saturated rings. The van der Waals surface area contributed by atoms with Crippen molar-refractivity contribution < 1.29 is 9.53 Å². The number of rotatable bonds is 8. The highest BCUT2D eigenvalue weighted by molar-refractivity contribution is 6.10. The van der Waals surface area contributed by atoms with Crippen molar-refractivity contribution in [3.63, 3.8) is 0 Å². The third-order valence-electron chi connectivity index (χ3n) is 5.89. The monoisotopic (exact) mass is 443 g/mol. The molecule has 0 saturated carbocycles. The van der Waals surface area contributed by atoms with Crippen molar-refractivity contribution in [3.8, 4) is 0 Å². The van der Waals surface area contributed by atoms with Crippen molar-refractivity contribution in [2.24, 2.45) is 0 Å². The van der Waals surface area contributed by atoms with Gasteiger partial charge >= 0.3 is 0 Å². The zero-order valence-electron chi connectivity index (χ0n) is 19.3. The molecular formula is C27H31N4O2. The minimum absolute atomic E-state index is 0.0390. The summed E-state index contributed by atoms with van der Waals surface area (Å²) in [6.07, 6.45) is 2.27. The summed E-state index contributed by atoms with van der Waals surface area (Å²) in [4.78, 5) is 21.8. The predicted octanol–water partition coefficient (Wildman–Crippen LogP) is 5.09. The molecule has 6 heteroatoms. The summed E-state index contributed by atoms with van der Waals surface area (Å²) in [7, 11) is 2.01. The molecule has 2 heterocycles. The van der Waals surface area contributed by atoms with Gasteiger partial charge in [0.25, 0.3) is 5.91 Å². The van der Waals surface area contributed by atoms with Crippen molar-refractivity contribution >= 4 is 23.1 Å². The van der Waals surface area contributed by atoms with Gasteiger partial charge in [0.1, 0.15) is 5.82 Å². The largest absolute Gasteiger partial charge is 0.372 e. The van der Waals surface area contributed by atoms with Crippen LogP contribution in [0.5, 0.6) is 0 Å². The number of carbonyl (C=O) groups excluding carboxylic acids is 1. The van der Waals surface area contributed by atoms with Crippen molar-refractivity contribution in [1.82, 2.24) is 4.98 Å². The minimum atomic E-state index is -0.0628. The Balaban J connectivity index is 1.53. The van der Waals surface area contributed by atoms with E-state index in [1.165, 1.54) is 0 Å². The second-order valence-electron chi connectivity index (χ2n) is 8.16. The Morgan fingerprint density at radius 1 is 1.12 bits per heavy atom. The molecule has 0 saturated heterocycles. The highest BCUT2D eigenvalue weighted by Gasteiger charge is 2.27. The number of aromatic nitrogens is 1. The molecule has 171 valence electrons. The van der Waals surface area contributed by atoms with Gasteiger partial charge in [-0.2, -0.15) is 0 Å². The van der Waals surface area contributed by atoms with Gasteiger partial charge in [-0.15, -0.1) is 0 Å².